The van der Waals surface area contributed by atoms with Gasteiger partial charge in [-0.1, -0.05) is 36.1 Å². The summed E-state index contributed by atoms with van der Waals surface area (Å²) in [7, 11) is 0. The van der Waals surface area contributed by atoms with Gasteiger partial charge in [0.05, 0.1) is 21.6 Å². The Morgan fingerprint density at radius 3 is 1.80 bits per heavy atom. The molecule has 6 rings (SSSR count). The van der Waals surface area contributed by atoms with Crippen LogP contribution >= 0.6 is 36.2 Å². The number of thioether (sulfide) groups is 1. The van der Waals surface area contributed by atoms with Crippen LogP contribution in [0.3, 0.4) is 0 Å². The van der Waals surface area contributed by atoms with Gasteiger partial charge < -0.3 is 31.5 Å². The maximum atomic E-state index is 10.6. The Morgan fingerprint density at radius 1 is 0.839 bits per heavy atom. The lowest BCUT2D eigenvalue weighted by Gasteiger charge is -2.36. The minimum atomic E-state index is -2.15. The Kier molecular flexibility index (Phi) is 15.6. The van der Waals surface area contributed by atoms with Crippen LogP contribution in [-0.4, -0.2) is 93.7 Å². The SMILES string of the molecule is NCc1ccncc1.[2H]C([2H])([2H])N1CC=C(CNC(C)=S)CC1.[2H]C([2H])([2H])N1CCC2(CC1)CN=C(C)S2.[2H]C([2H])([2H])[n+]1ccc(CNC(C)=O)cc1.[2H]C([2H])([2H])[n+]1ccc(CNC(C)=S)cc1. The second kappa shape index (κ2) is 27.1. The minimum Gasteiger partial charge on any atom is -0.376 e. The van der Waals surface area contributed by atoms with Crippen LogP contribution in [0.2, 0.25) is 0 Å². The molecule has 1 fully saturated rings. The van der Waals surface area contributed by atoms with Gasteiger partial charge in [-0.25, -0.2) is 9.13 Å². The number of carbonyl (C=O) groups is 1. The van der Waals surface area contributed by atoms with Crippen LogP contribution in [0.1, 0.15) is 80.1 Å². The summed E-state index contributed by atoms with van der Waals surface area (Å²) in [4.78, 5) is 23.5. The van der Waals surface area contributed by atoms with Crippen molar-refractivity contribution in [2.75, 3.05) is 53.2 Å². The van der Waals surface area contributed by atoms with E-state index in [0.29, 0.717) is 45.8 Å². The first kappa shape index (κ1) is 32.3. The van der Waals surface area contributed by atoms with Crippen molar-refractivity contribution in [2.24, 2.45) is 24.7 Å². The smallest absolute Gasteiger partial charge is 0.217 e. The summed E-state index contributed by atoms with van der Waals surface area (Å²) in [5.41, 5.74) is 9.55. The monoisotopic (exact) mass is 835 g/mol. The average Bonchev–Trinajstić information content (AvgIpc) is 3.63. The molecule has 0 aliphatic carbocycles. The third kappa shape index (κ3) is 22.2. The summed E-state index contributed by atoms with van der Waals surface area (Å²) < 4.78 is 89.3. The van der Waals surface area contributed by atoms with Crippen LogP contribution in [0.15, 0.2) is 90.2 Å². The molecule has 1 saturated heterocycles. The molecule has 6 heterocycles. The number of nitrogens with zero attached hydrogens (tertiary/aromatic N) is 6. The molecule has 0 aromatic carbocycles. The molecule has 1 spiro atoms. The molecule has 306 valence electrons. The highest BCUT2D eigenvalue weighted by atomic mass is 32.2. The van der Waals surface area contributed by atoms with E-state index < -0.39 is 27.9 Å². The number of pyridine rings is 3. The summed E-state index contributed by atoms with van der Waals surface area (Å²) in [6, 6.07) is 10.7. The van der Waals surface area contributed by atoms with Crippen molar-refractivity contribution in [1.82, 2.24) is 30.7 Å². The first-order chi connectivity index (χ1) is 31.5. The molecule has 3 aliphatic rings. The number of piperidine rings is 1. The summed E-state index contributed by atoms with van der Waals surface area (Å²) >= 11 is 11.6. The molecule has 5 N–H and O–H groups in total. The molecule has 0 radical (unpaired) electrons. The van der Waals surface area contributed by atoms with Crippen LogP contribution in [0.5, 0.6) is 0 Å². The molecule has 0 atom stereocenters. The van der Waals surface area contributed by atoms with Gasteiger partial charge in [0.1, 0.15) is 22.2 Å². The lowest BCUT2D eigenvalue weighted by atomic mass is 9.96. The fourth-order valence-corrected chi connectivity index (χ4v) is 6.46. The van der Waals surface area contributed by atoms with Gasteiger partial charge in [-0.05, 0) is 95.9 Å². The van der Waals surface area contributed by atoms with E-state index in [9.17, 15) is 4.79 Å². The molecular weight excluding hydrogens is 757 g/mol. The van der Waals surface area contributed by atoms with Crippen LogP contribution in [-0.2, 0) is 38.4 Å². The van der Waals surface area contributed by atoms with Crippen molar-refractivity contribution in [3.05, 3.63) is 102 Å². The summed E-state index contributed by atoms with van der Waals surface area (Å²) in [5, 5.41) is 9.86. The first-order valence-corrected chi connectivity index (χ1v) is 19.9. The highest BCUT2D eigenvalue weighted by Gasteiger charge is 2.37. The molecule has 0 unspecified atom stereocenters. The first-order valence-electron chi connectivity index (χ1n) is 24.2. The molecule has 3 aromatic heterocycles. The maximum Gasteiger partial charge on any atom is 0.217 e. The zero-order chi connectivity index (χ0) is 51.3. The molecule has 3 aromatic rings. The number of carbonyl (C=O) groups excluding carboxylic acids is 1. The largest absolute Gasteiger partial charge is 0.376 e. The Balaban J connectivity index is 0.000000295. The lowest BCUT2D eigenvalue weighted by Crippen LogP contribution is -2.41. The number of aliphatic imine (C=N–C) groups is 1. The number of nitrogens with one attached hydrogen (secondary N) is 3. The zero-order valence-electron chi connectivity index (χ0n) is 44.9. The topological polar surface area (TPSA) is 119 Å². The van der Waals surface area contributed by atoms with E-state index in [0.717, 1.165) is 68.6 Å². The number of aromatic nitrogens is 3. The number of hydrogen-bond donors (Lipinski definition) is 4. The van der Waals surface area contributed by atoms with E-state index in [1.807, 2.05) is 43.8 Å². The molecule has 56 heavy (non-hydrogen) atoms. The second-order valence-electron chi connectivity index (χ2n) is 13.2. The Labute approximate surface area is 368 Å². The maximum absolute atomic E-state index is 10.6. The number of hydrogen-bond acceptors (Lipinski definition) is 9. The Morgan fingerprint density at radius 2 is 1.39 bits per heavy atom. The number of likely N-dealkylation sites (tertiary alicyclic amines) is 1. The van der Waals surface area contributed by atoms with Crippen LogP contribution in [0, 0.1) is 0 Å². The highest BCUT2D eigenvalue weighted by Crippen LogP contribution is 2.40. The summed E-state index contributed by atoms with van der Waals surface area (Å²) in [6.45, 7) is 4.69. The Hall–Kier alpha value is -3.66. The van der Waals surface area contributed by atoms with E-state index in [2.05, 4.69) is 25.9 Å². The third-order valence-corrected chi connectivity index (χ3v) is 10.0. The number of thiocarbonyl (C=S) groups is 2. The van der Waals surface area contributed by atoms with Crippen molar-refractivity contribution in [1.29, 1.82) is 0 Å². The molecular formula is C42H66N10OS3+2. The van der Waals surface area contributed by atoms with Gasteiger partial charge in [0.15, 0.2) is 24.8 Å². The standard InChI is InChI=1S/C9H12N2O.2C9H16N2S.C9H12N2S.C6H8N2/c1-8(12)10-7-9-3-5-11(2)6-4-9;1-8-10-7-9(12-8)3-5-11(2)6-4-9;2*1-8(12)10-7-9-3-5-11(2)6-4-9;7-5-6-1-3-8-4-2-6/h3-6H,7H2,1-2H3;3-7H2,1-2H3;3H,4-7H2,1-2H3,(H,10,12);3-6H,7H2,1-2H3;1-4H,5,7H2/p+2/i4*2D3;. The summed E-state index contributed by atoms with van der Waals surface area (Å²) in [5.74, 6) is -0.109. The van der Waals surface area contributed by atoms with E-state index in [1.165, 1.54) is 34.4 Å². The number of nitrogens with two attached hydrogens (primary N) is 1. The highest BCUT2D eigenvalue weighted by molar-refractivity contribution is 8.15. The van der Waals surface area contributed by atoms with Crippen molar-refractivity contribution >= 4 is 57.1 Å². The van der Waals surface area contributed by atoms with E-state index in [-0.39, 0.29) is 10.7 Å². The van der Waals surface area contributed by atoms with Crippen molar-refractivity contribution in [2.45, 2.75) is 71.3 Å². The predicted molar refractivity (Wildman–Crippen MR) is 241 cm³/mol. The number of amides is 1. The van der Waals surface area contributed by atoms with Crippen LogP contribution < -0.4 is 30.8 Å². The number of likely N-dealkylation sites (N-methyl/N-ethyl adjacent to an activating group) is 1. The van der Waals surface area contributed by atoms with Gasteiger partial charge in [0, 0.05) is 95.8 Å². The van der Waals surface area contributed by atoms with E-state index in [1.54, 1.807) is 60.9 Å². The zero-order valence-corrected chi connectivity index (χ0v) is 35.3. The van der Waals surface area contributed by atoms with Crippen molar-refractivity contribution < 1.29 is 30.4 Å². The average molecular weight is 835 g/mol. The molecule has 14 heteroatoms. The molecule has 0 saturated carbocycles. The molecule has 1 amide bonds. The second-order valence-corrected chi connectivity index (χ2v) is 16.1. The number of aryl methyl sites for hydroxylation is 2. The fourth-order valence-electron chi connectivity index (χ4n) is 5.04. The summed E-state index contributed by atoms with van der Waals surface area (Å²) in [6.07, 6.45) is 14.2. The van der Waals surface area contributed by atoms with Crippen LogP contribution in [0.4, 0.5) is 0 Å². The van der Waals surface area contributed by atoms with Gasteiger partial charge in [0.25, 0.3) is 0 Å². The molecule has 0 bridgehead atoms. The van der Waals surface area contributed by atoms with E-state index >= 15 is 0 Å². The van der Waals surface area contributed by atoms with Gasteiger partial charge >= 0.3 is 0 Å². The lowest BCUT2D eigenvalue weighted by molar-refractivity contribution is -0.671. The quantitative estimate of drug-likeness (QED) is 0.155. The van der Waals surface area contributed by atoms with Gasteiger partial charge in [-0.3, -0.25) is 14.8 Å². The van der Waals surface area contributed by atoms with Crippen molar-refractivity contribution in [3.8, 4) is 0 Å². The van der Waals surface area contributed by atoms with Gasteiger partial charge in [0.2, 0.25) is 5.91 Å². The molecule has 3 aliphatic heterocycles. The number of rotatable bonds is 7. The van der Waals surface area contributed by atoms with E-state index in [4.69, 9.17) is 46.6 Å². The van der Waals surface area contributed by atoms with Crippen molar-refractivity contribution in [3.63, 3.8) is 0 Å². The van der Waals surface area contributed by atoms with Gasteiger partial charge in [-0.2, -0.15) is 0 Å². The normalized spacial score (nSPS) is 19.7. The Bertz CT molecular complexity index is 2010. The van der Waals surface area contributed by atoms with Crippen LogP contribution in [0.25, 0.3) is 0 Å². The predicted octanol–water partition coefficient (Wildman–Crippen LogP) is 4.44. The molecule has 11 nitrogen and oxygen atoms in total. The third-order valence-electron chi connectivity index (χ3n) is 8.36. The van der Waals surface area contributed by atoms with Gasteiger partial charge in [-0.15, -0.1) is 11.8 Å². The fraction of sp³-hybridized carbons (Fsp3) is 0.500. The minimum absolute atomic E-state index is 0.109.